The fourth-order valence-electron chi connectivity index (χ4n) is 2.95. The predicted molar refractivity (Wildman–Crippen MR) is 83.4 cm³/mol. The summed E-state index contributed by atoms with van der Waals surface area (Å²) in [5, 5.41) is 3.70. The third-order valence-electron chi connectivity index (χ3n) is 4.62. The second kappa shape index (κ2) is 7.21. The number of rotatable bonds is 9. The largest absolute Gasteiger partial charge is 0.313 e. The Labute approximate surface area is 123 Å². The molecule has 0 aromatic heterocycles. The first-order valence-corrected chi connectivity index (χ1v) is 8.15. The molecule has 1 nitrogen and oxygen atoms in total. The highest BCUT2D eigenvalue weighted by molar-refractivity contribution is 5.18. The van der Waals surface area contributed by atoms with Gasteiger partial charge in [-0.2, -0.15) is 0 Å². The topological polar surface area (TPSA) is 12.0 Å². The molecule has 1 aromatic rings. The van der Waals surface area contributed by atoms with Crippen molar-refractivity contribution in [1.82, 2.24) is 5.32 Å². The first-order chi connectivity index (χ1) is 9.67. The van der Waals surface area contributed by atoms with E-state index in [0.29, 0.717) is 0 Å². The standard InChI is InChI=1S/C18H28FN/c1-3-5-11-18(4-2,14-20-17-9-10-17)13-15-7-6-8-16(19)12-15/h6-8,12,17,20H,3-5,9-11,13-14H2,1-2H3. The highest BCUT2D eigenvalue weighted by Crippen LogP contribution is 2.34. The molecule has 20 heavy (non-hydrogen) atoms. The van der Waals surface area contributed by atoms with Gasteiger partial charge in [0.25, 0.3) is 0 Å². The fourth-order valence-corrected chi connectivity index (χ4v) is 2.95. The zero-order valence-electron chi connectivity index (χ0n) is 12.9. The van der Waals surface area contributed by atoms with Crippen LogP contribution in [0.5, 0.6) is 0 Å². The lowest BCUT2D eigenvalue weighted by atomic mass is 9.75. The summed E-state index contributed by atoms with van der Waals surface area (Å²) in [6.07, 6.45) is 8.52. The van der Waals surface area contributed by atoms with Gasteiger partial charge in [-0.3, -0.25) is 0 Å². The zero-order chi connectivity index (χ0) is 14.4. The molecule has 0 bridgehead atoms. The van der Waals surface area contributed by atoms with Crippen LogP contribution in [0.3, 0.4) is 0 Å². The molecule has 1 saturated carbocycles. The molecule has 2 heteroatoms. The van der Waals surface area contributed by atoms with E-state index >= 15 is 0 Å². The van der Waals surface area contributed by atoms with E-state index in [4.69, 9.17) is 0 Å². The summed E-state index contributed by atoms with van der Waals surface area (Å²) in [5.41, 5.74) is 1.42. The molecule has 1 unspecified atom stereocenters. The van der Waals surface area contributed by atoms with Crippen LogP contribution in [0.4, 0.5) is 4.39 Å². The van der Waals surface area contributed by atoms with Gasteiger partial charge < -0.3 is 5.32 Å². The first-order valence-electron chi connectivity index (χ1n) is 8.15. The summed E-state index contributed by atoms with van der Waals surface area (Å²) in [7, 11) is 0. The Bertz CT molecular complexity index is 414. The van der Waals surface area contributed by atoms with E-state index in [1.807, 2.05) is 6.07 Å². The second-order valence-electron chi connectivity index (χ2n) is 6.42. The Kier molecular flexibility index (Phi) is 5.59. The van der Waals surface area contributed by atoms with Crippen LogP contribution in [-0.4, -0.2) is 12.6 Å². The second-order valence-corrected chi connectivity index (χ2v) is 6.42. The first kappa shape index (κ1) is 15.5. The monoisotopic (exact) mass is 277 g/mol. The van der Waals surface area contributed by atoms with Gasteiger partial charge in [-0.05, 0) is 55.2 Å². The van der Waals surface area contributed by atoms with Crippen LogP contribution in [-0.2, 0) is 6.42 Å². The Hall–Kier alpha value is -0.890. The van der Waals surface area contributed by atoms with Crippen molar-refractivity contribution >= 4 is 0 Å². The van der Waals surface area contributed by atoms with Gasteiger partial charge in [-0.15, -0.1) is 0 Å². The van der Waals surface area contributed by atoms with Gasteiger partial charge in [-0.1, -0.05) is 38.8 Å². The highest BCUT2D eigenvalue weighted by atomic mass is 19.1. The van der Waals surface area contributed by atoms with Crippen molar-refractivity contribution in [2.45, 2.75) is 64.8 Å². The van der Waals surface area contributed by atoms with Gasteiger partial charge in [0.15, 0.2) is 0 Å². The SMILES string of the molecule is CCCCC(CC)(CNC1CC1)Cc1cccc(F)c1. The molecule has 0 aliphatic heterocycles. The maximum Gasteiger partial charge on any atom is 0.123 e. The van der Waals surface area contributed by atoms with E-state index in [-0.39, 0.29) is 11.2 Å². The molecular formula is C18H28FN. The molecule has 0 heterocycles. The minimum Gasteiger partial charge on any atom is -0.313 e. The summed E-state index contributed by atoms with van der Waals surface area (Å²) >= 11 is 0. The summed E-state index contributed by atoms with van der Waals surface area (Å²) in [4.78, 5) is 0. The summed E-state index contributed by atoms with van der Waals surface area (Å²) in [6.45, 7) is 5.60. The zero-order valence-corrected chi connectivity index (χ0v) is 12.9. The van der Waals surface area contributed by atoms with Gasteiger partial charge in [0, 0.05) is 12.6 Å². The molecule has 1 aromatic carbocycles. The molecular weight excluding hydrogens is 249 g/mol. The Balaban J connectivity index is 2.05. The van der Waals surface area contributed by atoms with Crippen molar-refractivity contribution < 1.29 is 4.39 Å². The Morgan fingerprint density at radius 1 is 1.30 bits per heavy atom. The third-order valence-corrected chi connectivity index (χ3v) is 4.62. The highest BCUT2D eigenvalue weighted by Gasteiger charge is 2.31. The quantitative estimate of drug-likeness (QED) is 0.689. The third kappa shape index (κ3) is 4.59. The molecule has 1 aliphatic carbocycles. The lowest BCUT2D eigenvalue weighted by Gasteiger charge is -2.34. The van der Waals surface area contributed by atoms with Crippen molar-refractivity contribution in [2.75, 3.05) is 6.54 Å². The van der Waals surface area contributed by atoms with Crippen LogP contribution in [0, 0.1) is 11.2 Å². The van der Waals surface area contributed by atoms with Crippen molar-refractivity contribution in [2.24, 2.45) is 5.41 Å². The maximum absolute atomic E-state index is 13.4. The smallest absolute Gasteiger partial charge is 0.123 e. The van der Waals surface area contributed by atoms with Crippen LogP contribution in [0.15, 0.2) is 24.3 Å². The van der Waals surface area contributed by atoms with Crippen molar-refractivity contribution in [3.63, 3.8) is 0 Å². The fraction of sp³-hybridized carbons (Fsp3) is 0.667. The number of hydrogen-bond acceptors (Lipinski definition) is 1. The van der Waals surface area contributed by atoms with Crippen molar-refractivity contribution in [3.8, 4) is 0 Å². The summed E-state index contributed by atoms with van der Waals surface area (Å²) < 4.78 is 13.4. The molecule has 0 amide bonds. The molecule has 1 aliphatic rings. The van der Waals surface area contributed by atoms with E-state index in [1.54, 1.807) is 6.07 Å². The average Bonchev–Trinajstić information content (AvgIpc) is 3.26. The van der Waals surface area contributed by atoms with Gasteiger partial charge in [0.2, 0.25) is 0 Å². The number of nitrogens with one attached hydrogen (secondary N) is 1. The molecule has 0 radical (unpaired) electrons. The number of benzene rings is 1. The molecule has 1 N–H and O–H groups in total. The molecule has 1 fully saturated rings. The number of hydrogen-bond donors (Lipinski definition) is 1. The maximum atomic E-state index is 13.4. The van der Waals surface area contributed by atoms with Crippen LogP contribution in [0.1, 0.15) is 57.9 Å². The molecule has 0 spiro atoms. The molecule has 0 saturated heterocycles. The van der Waals surface area contributed by atoms with Crippen LogP contribution >= 0.6 is 0 Å². The Morgan fingerprint density at radius 3 is 2.70 bits per heavy atom. The van der Waals surface area contributed by atoms with E-state index in [1.165, 1.54) is 38.2 Å². The predicted octanol–water partition coefficient (Wildman–Crippen LogP) is 4.71. The minimum absolute atomic E-state index is 0.113. The van der Waals surface area contributed by atoms with Crippen molar-refractivity contribution in [3.05, 3.63) is 35.6 Å². The van der Waals surface area contributed by atoms with Crippen LogP contribution in [0.25, 0.3) is 0 Å². The number of unbranched alkanes of at least 4 members (excludes halogenated alkanes) is 1. The van der Waals surface area contributed by atoms with Gasteiger partial charge in [-0.25, -0.2) is 4.39 Å². The normalized spacial score (nSPS) is 17.9. The number of halogens is 1. The summed E-state index contributed by atoms with van der Waals surface area (Å²) in [5.74, 6) is -0.113. The van der Waals surface area contributed by atoms with Gasteiger partial charge in [0.05, 0.1) is 0 Å². The molecule has 112 valence electrons. The van der Waals surface area contributed by atoms with E-state index < -0.39 is 0 Å². The molecule has 1 atom stereocenters. The average molecular weight is 277 g/mol. The van der Waals surface area contributed by atoms with E-state index in [2.05, 4.69) is 25.2 Å². The van der Waals surface area contributed by atoms with Gasteiger partial charge in [0.1, 0.15) is 5.82 Å². The lowest BCUT2D eigenvalue weighted by molar-refractivity contribution is 0.228. The van der Waals surface area contributed by atoms with E-state index in [0.717, 1.165) is 31.0 Å². The summed E-state index contributed by atoms with van der Waals surface area (Å²) in [6, 6.07) is 7.88. The van der Waals surface area contributed by atoms with Gasteiger partial charge >= 0.3 is 0 Å². The Morgan fingerprint density at radius 2 is 2.10 bits per heavy atom. The molecule has 2 rings (SSSR count). The lowest BCUT2D eigenvalue weighted by Crippen LogP contribution is -2.37. The van der Waals surface area contributed by atoms with E-state index in [9.17, 15) is 4.39 Å². The minimum atomic E-state index is -0.113. The van der Waals surface area contributed by atoms with Crippen molar-refractivity contribution in [1.29, 1.82) is 0 Å². The van der Waals surface area contributed by atoms with Crippen LogP contribution in [0.2, 0.25) is 0 Å². The van der Waals surface area contributed by atoms with Crippen LogP contribution < -0.4 is 5.32 Å².